The van der Waals surface area contributed by atoms with Crippen LogP contribution in [0.2, 0.25) is 0 Å². The molecule has 156 valence electrons. The maximum Gasteiger partial charge on any atom is 0.191 e. The van der Waals surface area contributed by atoms with Crippen molar-refractivity contribution in [1.82, 2.24) is 20.4 Å². The van der Waals surface area contributed by atoms with Crippen LogP contribution in [-0.4, -0.2) is 73.1 Å². The van der Waals surface area contributed by atoms with Crippen molar-refractivity contribution in [3.05, 3.63) is 35.4 Å². The minimum absolute atomic E-state index is 0.724. The average Bonchev–Trinajstić information content (AvgIpc) is 3.14. The summed E-state index contributed by atoms with van der Waals surface area (Å²) in [7, 11) is 2.22. The second-order valence-corrected chi connectivity index (χ2v) is 9.37. The highest BCUT2D eigenvalue weighted by molar-refractivity contribution is 8.00. The van der Waals surface area contributed by atoms with Gasteiger partial charge in [-0.15, -0.1) is 0 Å². The van der Waals surface area contributed by atoms with Crippen molar-refractivity contribution in [1.29, 1.82) is 0 Å². The molecule has 6 heteroatoms. The van der Waals surface area contributed by atoms with Crippen LogP contribution in [0.25, 0.3) is 0 Å². The number of hydrogen-bond acceptors (Lipinski definition) is 4. The molecule has 0 saturated carbocycles. The highest BCUT2D eigenvalue weighted by Gasteiger charge is 2.15. The molecule has 1 aromatic rings. The summed E-state index contributed by atoms with van der Waals surface area (Å²) >= 11 is 2.08. The van der Waals surface area contributed by atoms with Crippen molar-refractivity contribution in [3.8, 4) is 0 Å². The van der Waals surface area contributed by atoms with Gasteiger partial charge in [-0.05, 0) is 63.2 Å². The topological polar surface area (TPSA) is 42.9 Å². The molecule has 2 aliphatic heterocycles. The van der Waals surface area contributed by atoms with E-state index in [1.807, 2.05) is 0 Å². The summed E-state index contributed by atoms with van der Waals surface area (Å²) in [5, 5.41) is 7.62. The molecule has 2 N–H and O–H groups in total. The first-order chi connectivity index (χ1) is 13.7. The minimum Gasteiger partial charge on any atom is -0.357 e. The lowest BCUT2D eigenvalue weighted by molar-refractivity contribution is 0.269. The predicted molar refractivity (Wildman–Crippen MR) is 122 cm³/mol. The third-order valence-electron chi connectivity index (χ3n) is 5.53. The van der Waals surface area contributed by atoms with Crippen molar-refractivity contribution in [2.75, 3.05) is 52.1 Å². The monoisotopic (exact) mass is 403 g/mol. The smallest absolute Gasteiger partial charge is 0.191 e. The van der Waals surface area contributed by atoms with E-state index in [4.69, 9.17) is 4.99 Å². The van der Waals surface area contributed by atoms with Gasteiger partial charge >= 0.3 is 0 Å². The van der Waals surface area contributed by atoms with E-state index in [2.05, 4.69) is 70.4 Å². The third-order valence-corrected chi connectivity index (χ3v) is 6.92. The van der Waals surface area contributed by atoms with Gasteiger partial charge < -0.3 is 15.5 Å². The summed E-state index contributed by atoms with van der Waals surface area (Å²) in [6, 6.07) is 9.02. The van der Waals surface area contributed by atoms with Gasteiger partial charge in [-0.2, -0.15) is 11.8 Å². The fourth-order valence-corrected chi connectivity index (χ4v) is 5.00. The largest absolute Gasteiger partial charge is 0.357 e. The normalized spacial score (nSPS) is 22.2. The number of nitrogens with one attached hydrogen (secondary N) is 2. The van der Waals surface area contributed by atoms with Crippen molar-refractivity contribution in [3.63, 3.8) is 0 Å². The molecule has 2 saturated heterocycles. The Hall–Kier alpha value is -1.24. The van der Waals surface area contributed by atoms with Crippen LogP contribution in [0.1, 0.15) is 37.3 Å². The number of guanidine groups is 1. The number of thioether (sulfide) groups is 1. The Morgan fingerprint density at radius 1 is 1.07 bits per heavy atom. The van der Waals surface area contributed by atoms with E-state index in [-0.39, 0.29) is 0 Å². The number of aliphatic imine (C=N–C) groups is 1. The number of nitrogens with zero attached hydrogens (tertiary/aromatic N) is 3. The maximum atomic E-state index is 4.78. The zero-order valence-corrected chi connectivity index (χ0v) is 18.4. The Morgan fingerprint density at radius 2 is 1.89 bits per heavy atom. The van der Waals surface area contributed by atoms with Crippen LogP contribution in [0.3, 0.4) is 0 Å². The van der Waals surface area contributed by atoms with Gasteiger partial charge in [0.25, 0.3) is 0 Å². The van der Waals surface area contributed by atoms with Crippen LogP contribution in [0, 0.1) is 0 Å². The molecule has 0 aliphatic carbocycles. The second kappa shape index (κ2) is 11.7. The van der Waals surface area contributed by atoms with E-state index < -0.39 is 0 Å². The predicted octanol–water partition coefficient (Wildman–Crippen LogP) is 2.77. The zero-order chi connectivity index (χ0) is 19.6. The molecule has 0 radical (unpaired) electrons. The number of hydrogen-bond donors (Lipinski definition) is 2. The van der Waals surface area contributed by atoms with Crippen LogP contribution in [0.5, 0.6) is 0 Å². The lowest BCUT2D eigenvalue weighted by Crippen LogP contribution is -2.40. The summed E-state index contributed by atoms with van der Waals surface area (Å²) in [4.78, 5) is 9.79. The SMILES string of the molecule is CCNC(=NCc1ccc(CN2CCCN(C)CC2)cc1)NCC1CCCS1. The molecule has 0 aromatic heterocycles. The highest BCUT2D eigenvalue weighted by atomic mass is 32.2. The number of likely N-dealkylation sites (N-methyl/N-ethyl adjacent to an activating group) is 1. The van der Waals surface area contributed by atoms with Crippen molar-refractivity contribution >= 4 is 17.7 Å². The van der Waals surface area contributed by atoms with Gasteiger partial charge in [-0.1, -0.05) is 24.3 Å². The zero-order valence-electron chi connectivity index (χ0n) is 17.6. The second-order valence-electron chi connectivity index (χ2n) is 7.96. The molecule has 28 heavy (non-hydrogen) atoms. The van der Waals surface area contributed by atoms with Crippen LogP contribution < -0.4 is 10.6 Å². The third kappa shape index (κ3) is 7.30. The molecule has 0 bridgehead atoms. The lowest BCUT2D eigenvalue weighted by Gasteiger charge is -2.20. The van der Waals surface area contributed by atoms with Crippen molar-refractivity contribution < 1.29 is 0 Å². The van der Waals surface area contributed by atoms with Gasteiger partial charge in [-0.3, -0.25) is 4.90 Å². The molecular formula is C22H37N5S. The lowest BCUT2D eigenvalue weighted by atomic mass is 10.1. The summed E-state index contributed by atoms with van der Waals surface area (Å²) in [6.45, 7) is 10.6. The summed E-state index contributed by atoms with van der Waals surface area (Å²) in [5.74, 6) is 2.24. The fourth-order valence-electron chi connectivity index (χ4n) is 3.79. The first kappa shape index (κ1) is 21.5. The quantitative estimate of drug-likeness (QED) is 0.541. The van der Waals surface area contributed by atoms with E-state index in [9.17, 15) is 0 Å². The summed E-state index contributed by atoms with van der Waals surface area (Å²) < 4.78 is 0. The Morgan fingerprint density at radius 3 is 2.64 bits per heavy atom. The fraction of sp³-hybridized carbons (Fsp3) is 0.682. The molecule has 1 atom stereocenters. The summed E-state index contributed by atoms with van der Waals surface area (Å²) in [6.07, 6.45) is 3.94. The van der Waals surface area contributed by atoms with Gasteiger partial charge in [0.05, 0.1) is 6.54 Å². The van der Waals surface area contributed by atoms with Crippen LogP contribution in [0.4, 0.5) is 0 Å². The first-order valence-corrected chi connectivity index (χ1v) is 11.9. The Balaban J connectivity index is 1.48. The van der Waals surface area contributed by atoms with Crippen LogP contribution in [-0.2, 0) is 13.1 Å². The summed E-state index contributed by atoms with van der Waals surface area (Å²) in [5.41, 5.74) is 2.67. The molecule has 1 unspecified atom stereocenters. The van der Waals surface area contributed by atoms with Gasteiger partial charge in [0.1, 0.15) is 0 Å². The van der Waals surface area contributed by atoms with Gasteiger partial charge in [0, 0.05) is 38.0 Å². The molecule has 1 aromatic carbocycles. The number of rotatable bonds is 7. The van der Waals surface area contributed by atoms with Gasteiger partial charge in [-0.25, -0.2) is 4.99 Å². The molecule has 0 amide bonds. The van der Waals surface area contributed by atoms with E-state index in [0.717, 1.165) is 37.4 Å². The highest BCUT2D eigenvalue weighted by Crippen LogP contribution is 2.25. The van der Waals surface area contributed by atoms with Crippen LogP contribution in [0.15, 0.2) is 29.3 Å². The molecule has 0 spiro atoms. The van der Waals surface area contributed by atoms with Crippen molar-refractivity contribution in [2.45, 2.75) is 44.5 Å². The molecule has 5 nitrogen and oxygen atoms in total. The van der Waals surface area contributed by atoms with Crippen LogP contribution >= 0.6 is 11.8 Å². The van der Waals surface area contributed by atoms with Crippen molar-refractivity contribution in [2.24, 2.45) is 4.99 Å². The maximum absolute atomic E-state index is 4.78. The number of benzene rings is 1. The Kier molecular flexibility index (Phi) is 8.96. The first-order valence-electron chi connectivity index (χ1n) is 10.9. The van der Waals surface area contributed by atoms with Gasteiger partial charge in [0.15, 0.2) is 5.96 Å². The molecule has 2 fully saturated rings. The molecule has 2 aliphatic rings. The average molecular weight is 404 g/mol. The molecular weight excluding hydrogens is 366 g/mol. The minimum atomic E-state index is 0.724. The van der Waals surface area contributed by atoms with E-state index in [1.54, 1.807) is 0 Å². The van der Waals surface area contributed by atoms with E-state index >= 15 is 0 Å². The standard InChI is InChI=1S/C22H37N5S/c1-3-23-22(25-17-21-6-4-15-28-21)24-16-19-7-9-20(10-8-19)18-27-12-5-11-26(2)13-14-27/h7-10,21H,3-6,11-18H2,1-2H3,(H2,23,24,25). The Labute approximate surface area is 175 Å². The molecule has 2 heterocycles. The van der Waals surface area contributed by atoms with E-state index in [0.29, 0.717) is 0 Å². The van der Waals surface area contributed by atoms with E-state index in [1.165, 1.54) is 62.3 Å². The molecule has 3 rings (SSSR count). The van der Waals surface area contributed by atoms with Gasteiger partial charge in [0.2, 0.25) is 0 Å². The Bertz CT molecular complexity index is 597.